The van der Waals surface area contributed by atoms with Crippen LogP contribution in [-0.2, 0) is 10.0 Å². The van der Waals surface area contributed by atoms with Gasteiger partial charge in [-0.25, -0.2) is 8.42 Å². The van der Waals surface area contributed by atoms with E-state index in [0.29, 0.717) is 22.9 Å². The molecule has 4 aromatic rings. The van der Waals surface area contributed by atoms with Crippen molar-refractivity contribution in [2.24, 2.45) is 5.92 Å². The smallest absolute Gasteiger partial charge is 0.261 e. The van der Waals surface area contributed by atoms with Gasteiger partial charge in [0.1, 0.15) is 0 Å². The molecule has 7 nitrogen and oxygen atoms in total. The molecule has 0 amide bonds. The molecule has 0 aromatic heterocycles. The van der Waals surface area contributed by atoms with Crippen LogP contribution in [0.25, 0.3) is 10.8 Å². The van der Waals surface area contributed by atoms with E-state index in [0.717, 1.165) is 34.0 Å². The van der Waals surface area contributed by atoms with Gasteiger partial charge >= 0.3 is 0 Å². The van der Waals surface area contributed by atoms with Gasteiger partial charge < -0.3 is 19.5 Å². The Hall–Kier alpha value is -4.17. The van der Waals surface area contributed by atoms with E-state index >= 15 is 0 Å². The molecule has 0 saturated heterocycles. The topological polar surface area (TPSA) is 85.9 Å². The Labute approximate surface area is 228 Å². The van der Waals surface area contributed by atoms with E-state index in [1.165, 1.54) is 0 Å². The summed E-state index contributed by atoms with van der Waals surface area (Å²) in [6.45, 7) is 0. The van der Waals surface area contributed by atoms with Gasteiger partial charge in [0, 0.05) is 17.0 Å². The Morgan fingerprint density at radius 3 is 2.36 bits per heavy atom. The molecule has 0 bridgehead atoms. The molecule has 3 atom stereocenters. The summed E-state index contributed by atoms with van der Waals surface area (Å²) in [5, 5.41) is 5.50. The highest BCUT2D eigenvalue weighted by molar-refractivity contribution is 7.92. The number of hydrogen-bond acceptors (Lipinski definition) is 6. The zero-order valence-electron chi connectivity index (χ0n) is 22.0. The minimum Gasteiger partial charge on any atom is -0.493 e. The van der Waals surface area contributed by atoms with E-state index in [1.807, 2.05) is 54.6 Å². The lowest BCUT2D eigenvalue weighted by Crippen LogP contribution is -2.29. The van der Waals surface area contributed by atoms with E-state index in [-0.39, 0.29) is 22.8 Å². The van der Waals surface area contributed by atoms with Gasteiger partial charge in [-0.15, -0.1) is 0 Å². The van der Waals surface area contributed by atoms with Crippen LogP contribution in [0.5, 0.6) is 17.2 Å². The molecule has 4 aromatic carbocycles. The first-order valence-corrected chi connectivity index (χ1v) is 14.3. The molecule has 0 fully saturated rings. The maximum absolute atomic E-state index is 13.5. The van der Waals surface area contributed by atoms with Gasteiger partial charge in [-0.1, -0.05) is 48.6 Å². The number of allylic oxidation sites excluding steroid dienone is 2. The molecule has 39 heavy (non-hydrogen) atoms. The second-order valence-electron chi connectivity index (χ2n) is 9.82. The standard InChI is InChI=1S/C31H30N2O5S/c1-36-28-16-20(17-29(37-2)31(28)38-3)30-24-12-7-11-23(24)25-18-21(14-15-26(25)32-30)39(34,35)33-27-13-6-9-19-8-4-5-10-22(19)27/h4-11,13-18,23-24,30,32-33H,12H2,1-3H3/t23-,24+,30+/m0/s1. The van der Waals surface area contributed by atoms with Crippen LogP contribution in [-0.4, -0.2) is 29.7 Å². The van der Waals surface area contributed by atoms with Crippen LogP contribution in [0, 0.1) is 5.92 Å². The predicted octanol–water partition coefficient (Wildman–Crippen LogP) is 6.49. The molecule has 200 valence electrons. The molecule has 0 radical (unpaired) electrons. The van der Waals surface area contributed by atoms with E-state index in [4.69, 9.17) is 14.2 Å². The fourth-order valence-electron chi connectivity index (χ4n) is 5.87. The number of anilines is 2. The quantitative estimate of drug-likeness (QED) is 0.260. The van der Waals surface area contributed by atoms with Crippen LogP contribution >= 0.6 is 0 Å². The summed E-state index contributed by atoms with van der Waals surface area (Å²) in [4.78, 5) is 0.237. The second-order valence-corrected chi connectivity index (χ2v) is 11.5. The van der Waals surface area contributed by atoms with Crippen molar-refractivity contribution >= 4 is 32.2 Å². The Balaban J connectivity index is 1.36. The molecule has 8 heteroatoms. The third kappa shape index (κ3) is 4.34. The molecule has 1 heterocycles. The number of rotatable bonds is 7. The molecule has 0 saturated carbocycles. The zero-order valence-corrected chi connectivity index (χ0v) is 22.8. The van der Waals surface area contributed by atoms with Crippen LogP contribution in [0.4, 0.5) is 11.4 Å². The Morgan fingerprint density at radius 2 is 1.62 bits per heavy atom. The Morgan fingerprint density at radius 1 is 0.872 bits per heavy atom. The summed E-state index contributed by atoms with van der Waals surface area (Å²) in [6, 6.07) is 22.6. The summed E-state index contributed by atoms with van der Waals surface area (Å²) in [5.41, 5.74) is 3.46. The molecular weight excluding hydrogens is 512 g/mol. The first kappa shape index (κ1) is 25.1. The lowest BCUT2D eigenvalue weighted by Gasteiger charge is -2.38. The molecule has 1 aliphatic carbocycles. The minimum absolute atomic E-state index is 0.0255. The number of hydrogen-bond donors (Lipinski definition) is 2. The Bertz CT molecular complexity index is 1670. The van der Waals surface area contributed by atoms with Crippen molar-refractivity contribution in [3.05, 3.63) is 96.1 Å². The van der Waals surface area contributed by atoms with Crippen LogP contribution in [0.3, 0.4) is 0 Å². The Kier molecular flexibility index (Phi) is 6.35. The third-order valence-corrected chi connectivity index (χ3v) is 9.09. The van der Waals surface area contributed by atoms with E-state index in [9.17, 15) is 8.42 Å². The monoisotopic (exact) mass is 542 g/mol. The third-order valence-electron chi connectivity index (χ3n) is 7.72. The maximum Gasteiger partial charge on any atom is 0.261 e. The number of fused-ring (bicyclic) bond motifs is 4. The van der Waals surface area contributed by atoms with E-state index in [2.05, 4.69) is 22.2 Å². The molecule has 2 N–H and O–H groups in total. The van der Waals surface area contributed by atoms with Crippen molar-refractivity contribution in [1.29, 1.82) is 0 Å². The summed E-state index contributed by atoms with van der Waals surface area (Å²) in [7, 11) is 1.00. The summed E-state index contributed by atoms with van der Waals surface area (Å²) < 4.78 is 46.6. The molecule has 6 rings (SSSR count). The van der Waals surface area contributed by atoms with E-state index < -0.39 is 10.0 Å². The van der Waals surface area contributed by atoms with Gasteiger partial charge in [0.25, 0.3) is 10.0 Å². The van der Waals surface area contributed by atoms with Crippen molar-refractivity contribution in [3.8, 4) is 17.2 Å². The average Bonchev–Trinajstić information content (AvgIpc) is 3.46. The number of sulfonamides is 1. The highest BCUT2D eigenvalue weighted by Crippen LogP contribution is 2.52. The molecular formula is C31H30N2O5S. The zero-order chi connectivity index (χ0) is 27.1. The van der Waals surface area contributed by atoms with E-state index in [1.54, 1.807) is 39.5 Å². The normalized spacial score (nSPS) is 19.6. The highest BCUT2D eigenvalue weighted by Gasteiger charge is 2.39. The van der Waals surface area contributed by atoms with Gasteiger partial charge in [0.15, 0.2) is 11.5 Å². The van der Waals surface area contributed by atoms with Crippen molar-refractivity contribution in [3.63, 3.8) is 0 Å². The SMILES string of the molecule is COc1cc([C@H]2Nc3ccc(S(=O)(=O)Nc4cccc5ccccc45)cc3[C@H]3C=CC[C@H]32)cc(OC)c1OC. The summed E-state index contributed by atoms with van der Waals surface area (Å²) in [5.74, 6) is 2.02. The lowest BCUT2D eigenvalue weighted by atomic mass is 9.77. The van der Waals surface area contributed by atoms with Crippen molar-refractivity contribution < 1.29 is 22.6 Å². The van der Waals surface area contributed by atoms with Gasteiger partial charge in [0.2, 0.25) is 5.75 Å². The fraction of sp³-hybridized carbons (Fsp3) is 0.226. The second kappa shape index (κ2) is 9.85. The summed E-state index contributed by atoms with van der Waals surface area (Å²) >= 11 is 0. The summed E-state index contributed by atoms with van der Waals surface area (Å²) in [6.07, 6.45) is 5.22. The molecule has 2 aliphatic rings. The highest BCUT2D eigenvalue weighted by atomic mass is 32.2. The molecule has 0 unspecified atom stereocenters. The lowest BCUT2D eigenvalue weighted by molar-refractivity contribution is 0.322. The number of nitrogens with one attached hydrogen (secondary N) is 2. The first-order valence-electron chi connectivity index (χ1n) is 12.8. The predicted molar refractivity (Wildman–Crippen MR) is 154 cm³/mol. The molecule has 0 spiro atoms. The van der Waals surface area contributed by atoms with Crippen LogP contribution < -0.4 is 24.2 Å². The number of benzene rings is 4. The van der Waals surface area contributed by atoms with Crippen molar-refractivity contribution in [2.75, 3.05) is 31.4 Å². The van der Waals surface area contributed by atoms with Crippen LogP contribution in [0.1, 0.15) is 29.5 Å². The molecule has 1 aliphatic heterocycles. The minimum atomic E-state index is -3.81. The van der Waals surface area contributed by atoms with Crippen molar-refractivity contribution in [1.82, 2.24) is 0 Å². The van der Waals surface area contributed by atoms with Crippen LogP contribution in [0.2, 0.25) is 0 Å². The first-order chi connectivity index (χ1) is 18.9. The number of ether oxygens (including phenoxy) is 3. The van der Waals surface area contributed by atoms with Crippen LogP contribution in [0.15, 0.2) is 89.8 Å². The average molecular weight is 543 g/mol. The van der Waals surface area contributed by atoms with Gasteiger partial charge in [-0.05, 0) is 65.3 Å². The van der Waals surface area contributed by atoms with Gasteiger partial charge in [-0.3, -0.25) is 4.72 Å². The van der Waals surface area contributed by atoms with Crippen molar-refractivity contribution in [2.45, 2.75) is 23.3 Å². The van der Waals surface area contributed by atoms with Gasteiger partial charge in [-0.2, -0.15) is 0 Å². The fourth-order valence-corrected chi connectivity index (χ4v) is 6.98. The number of methoxy groups -OCH3 is 3. The largest absolute Gasteiger partial charge is 0.493 e. The van der Waals surface area contributed by atoms with Gasteiger partial charge in [0.05, 0.1) is 38.0 Å². The maximum atomic E-state index is 13.5.